The number of nitriles is 1. The third-order valence-electron chi connectivity index (χ3n) is 1.31. The Labute approximate surface area is 91.7 Å². The number of nitrogens with zero attached hydrogens (tertiary/aromatic N) is 2. The molecule has 1 aromatic rings. The highest BCUT2D eigenvalue weighted by Crippen LogP contribution is 2.30. The first-order valence-electron chi connectivity index (χ1n) is 3.10. The predicted octanol–water partition coefficient (Wildman–Crippen LogP) is 3.15. The van der Waals surface area contributed by atoms with Crippen molar-refractivity contribution in [1.29, 1.82) is 5.26 Å². The molecule has 0 unspecified atom stereocenters. The molecule has 0 saturated carbocycles. The van der Waals surface area contributed by atoms with Crippen LogP contribution in [-0.2, 0) is 0 Å². The lowest BCUT2D eigenvalue weighted by atomic mass is 10.3. The highest BCUT2D eigenvalue weighted by Gasteiger charge is 2.17. The fraction of sp³-hybridized carbons (Fsp3) is 0.143. The van der Waals surface area contributed by atoms with Gasteiger partial charge >= 0.3 is 0 Å². The minimum absolute atomic E-state index is 0.144. The van der Waals surface area contributed by atoms with Gasteiger partial charge in [0, 0.05) is 6.20 Å². The van der Waals surface area contributed by atoms with Crippen LogP contribution >= 0.6 is 34.2 Å². The van der Waals surface area contributed by atoms with Crippen LogP contribution in [0.15, 0.2) is 6.20 Å². The van der Waals surface area contributed by atoms with Crippen molar-refractivity contribution in [2.75, 3.05) is 0 Å². The highest BCUT2D eigenvalue weighted by atomic mass is 127. The van der Waals surface area contributed by atoms with Crippen molar-refractivity contribution < 1.29 is 8.78 Å². The Balaban J connectivity index is 3.33. The van der Waals surface area contributed by atoms with E-state index in [2.05, 4.69) is 4.98 Å². The minimum Gasteiger partial charge on any atom is -0.252 e. The first-order valence-corrected chi connectivity index (χ1v) is 4.55. The van der Waals surface area contributed by atoms with Crippen molar-refractivity contribution in [1.82, 2.24) is 4.98 Å². The SMILES string of the molecule is N#Cc1cnc(C(F)F)c(Cl)c1I. The van der Waals surface area contributed by atoms with E-state index in [9.17, 15) is 8.78 Å². The number of aromatic nitrogens is 1. The van der Waals surface area contributed by atoms with Crippen LogP contribution in [0, 0.1) is 14.9 Å². The van der Waals surface area contributed by atoms with Crippen LogP contribution in [0.25, 0.3) is 0 Å². The van der Waals surface area contributed by atoms with Crippen molar-refractivity contribution in [2.24, 2.45) is 0 Å². The zero-order valence-electron chi connectivity index (χ0n) is 6.06. The molecule has 0 N–H and O–H groups in total. The van der Waals surface area contributed by atoms with E-state index in [1.54, 1.807) is 28.7 Å². The zero-order chi connectivity index (χ0) is 10.0. The Hall–Kier alpha value is -0.480. The molecule has 1 heterocycles. The summed E-state index contributed by atoms with van der Waals surface area (Å²) >= 11 is 7.31. The van der Waals surface area contributed by atoms with Gasteiger partial charge in [-0.1, -0.05) is 11.6 Å². The Morgan fingerprint density at radius 3 is 2.69 bits per heavy atom. The van der Waals surface area contributed by atoms with Gasteiger partial charge in [0.1, 0.15) is 11.8 Å². The van der Waals surface area contributed by atoms with Crippen molar-refractivity contribution in [3.63, 3.8) is 0 Å². The Morgan fingerprint density at radius 2 is 2.23 bits per heavy atom. The third kappa shape index (κ3) is 2.06. The van der Waals surface area contributed by atoms with E-state index >= 15 is 0 Å². The smallest absolute Gasteiger partial charge is 0.252 e. The summed E-state index contributed by atoms with van der Waals surface area (Å²) in [7, 11) is 0. The van der Waals surface area contributed by atoms with Gasteiger partial charge in [0.05, 0.1) is 14.2 Å². The fourth-order valence-electron chi connectivity index (χ4n) is 0.708. The summed E-state index contributed by atoms with van der Waals surface area (Å²) in [6.07, 6.45) is -1.62. The molecule has 0 aliphatic heterocycles. The lowest BCUT2D eigenvalue weighted by Gasteiger charge is -2.04. The molecule has 1 aromatic heterocycles. The van der Waals surface area contributed by atoms with Gasteiger partial charge in [-0.05, 0) is 22.6 Å². The molecular weight excluding hydrogens is 312 g/mol. The van der Waals surface area contributed by atoms with Crippen LogP contribution in [0.2, 0.25) is 5.02 Å². The second-order valence-electron chi connectivity index (χ2n) is 2.10. The summed E-state index contributed by atoms with van der Waals surface area (Å²) in [6.45, 7) is 0. The second-order valence-corrected chi connectivity index (χ2v) is 3.55. The summed E-state index contributed by atoms with van der Waals surface area (Å²) in [5, 5.41) is 8.39. The Morgan fingerprint density at radius 1 is 1.62 bits per heavy atom. The molecule has 0 bridgehead atoms. The first-order chi connectivity index (χ1) is 6.07. The van der Waals surface area contributed by atoms with Crippen LogP contribution in [0.4, 0.5) is 8.78 Å². The van der Waals surface area contributed by atoms with Crippen molar-refractivity contribution in [3.8, 4) is 6.07 Å². The standard InChI is InChI=1S/C7H2ClF2IN2/c8-4-5(11)3(1-12)2-13-6(4)7(9)10/h2,7H. The van der Waals surface area contributed by atoms with Crippen molar-refractivity contribution in [3.05, 3.63) is 26.0 Å². The van der Waals surface area contributed by atoms with E-state index in [1.807, 2.05) is 0 Å². The molecule has 0 aliphatic rings. The first kappa shape index (κ1) is 10.6. The molecule has 6 heteroatoms. The fourth-order valence-corrected chi connectivity index (χ4v) is 1.48. The average molecular weight is 314 g/mol. The van der Waals surface area contributed by atoms with Gasteiger partial charge < -0.3 is 0 Å². The Bertz CT molecular complexity index is 375. The van der Waals surface area contributed by atoms with Gasteiger partial charge in [-0.3, -0.25) is 4.98 Å². The molecule has 2 nitrogen and oxygen atoms in total. The van der Waals surface area contributed by atoms with Gasteiger partial charge in [0.2, 0.25) is 0 Å². The molecule has 0 spiro atoms. The maximum Gasteiger partial charge on any atom is 0.281 e. The van der Waals surface area contributed by atoms with E-state index in [1.165, 1.54) is 0 Å². The van der Waals surface area contributed by atoms with Crippen LogP contribution in [0.1, 0.15) is 17.7 Å². The molecule has 0 aromatic carbocycles. The average Bonchev–Trinajstić information content (AvgIpc) is 2.09. The number of rotatable bonds is 1. The maximum atomic E-state index is 12.2. The van der Waals surface area contributed by atoms with Gasteiger partial charge in [-0.15, -0.1) is 0 Å². The molecule has 0 amide bonds. The van der Waals surface area contributed by atoms with Crippen molar-refractivity contribution >= 4 is 34.2 Å². The van der Waals surface area contributed by atoms with E-state index in [4.69, 9.17) is 16.9 Å². The van der Waals surface area contributed by atoms with E-state index in [-0.39, 0.29) is 10.6 Å². The number of halogens is 4. The predicted molar refractivity (Wildman–Crippen MR) is 51.6 cm³/mol. The summed E-state index contributed by atoms with van der Waals surface area (Å²) in [5.74, 6) is 0. The minimum atomic E-state index is -2.71. The molecule has 13 heavy (non-hydrogen) atoms. The van der Waals surface area contributed by atoms with Crippen molar-refractivity contribution in [2.45, 2.75) is 6.43 Å². The molecule has 0 fully saturated rings. The molecular formula is C7H2ClF2IN2. The topological polar surface area (TPSA) is 36.7 Å². The summed E-state index contributed by atoms with van der Waals surface area (Å²) in [4.78, 5) is 3.40. The van der Waals surface area contributed by atoms with Crippen LogP contribution in [0.3, 0.4) is 0 Å². The van der Waals surface area contributed by atoms with Crippen LogP contribution < -0.4 is 0 Å². The number of hydrogen-bond acceptors (Lipinski definition) is 2. The van der Waals surface area contributed by atoms with Crippen LogP contribution in [-0.4, -0.2) is 4.98 Å². The highest BCUT2D eigenvalue weighted by molar-refractivity contribution is 14.1. The van der Waals surface area contributed by atoms with E-state index < -0.39 is 12.1 Å². The number of pyridine rings is 1. The number of alkyl halides is 2. The molecule has 0 aliphatic carbocycles. The molecule has 0 radical (unpaired) electrons. The van der Waals surface area contributed by atoms with E-state index in [0.29, 0.717) is 3.57 Å². The molecule has 0 saturated heterocycles. The maximum absolute atomic E-state index is 12.2. The quantitative estimate of drug-likeness (QED) is 0.747. The molecule has 0 atom stereocenters. The van der Waals surface area contributed by atoms with Gasteiger partial charge in [-0.25, -0.2) is 8.78 Å². The van der Waals surface area contributed by atoms with Gasteiger partial charge in [-0.2, -0.15) is 5.26 Å². The summed E-state index contributed by atoms with van der Waals surface area (Å²) in [5.41, 5.74) is -0.278. The monoisotopic (exact) mass is 314 g/mol. The lowest BCUT2D eigenvalue weighted by molar-refractivity contribution is 0.146. The zero-order valence-corrected chi connectivity index (χ0v) is 8.97. The summed E-state index contributed by atoms with van der Waals surface area (Å²) < 4.78 is 24.7. The largest absolute Gasteiger partial charge is 0.281 e. The third-order valence-corrected chi connectivity index (χ3v) is 3.14. The van der Waals surface area contributed by atoms with E-state index in [0.717, 1.165) is 6.20 Å². The normalized spacial score (nSPS) is 10.2. The second kappa shape index (κ2) is 4.15. The summed E-state index contributed by atoms with van der Waals surface area (Å²) in [6, 6.07) is 1.80. The number of hydrogen-bond donors (Lipinski definition) is 0. The molecule has 1 rings (SSSR count). The van der Waals surface area contributed by atoms with Gasteiger partial charge in [0.25, 0.3) is 6.43 Å². The van der Waals surface area contributed by atoms with Gasteiger partial charge in [0.15, 0.2) is 0 Å². The van der Waals surface area contributed by atoms with Crippen LogP contribution in [0.5, 0.6) is 0 Å². The molecule has 68 valence electrons. The Kier molecular flexibility index (Phi) is 3.39. The lowest BCUT2D eigenvalue weighted by Crippen LogP contribution is -1.96.